The lowest BCUT2D eigenvalue weighted by Gasteiger charge is -2.21. The van der Waals surface area contributed by atoms with Gasteiger partial charge in [0.1, 0.15) is 0 Å². The topological polar surface area (TPSA) is 38.3 Å². The second-order valence-electron chi connectivity index (χ2n) is 5.23. The molecule has 0 aliphatic heterocycles. The van der Waals surface area contributed by atoms with Crippen LogP contribution in [0.3, 0.4) is 0 Å². The van der Waals surface area contributed by atoms with Crippen LogP contribution in [0.2, 0.25) is 0 Å². The molecule has 3 heteroatoms. The molecule has 0 atom stereocenters. The molecule has 0 amide bonds. The van der Waals surface area contributed by atoms with E-state index in [9.17, 15) is 4.79 Å². The lowest BCUT2D eigenvalue weighted by atomic mass is 9.90. The number of benzene rings is 1. The maximum atomic E-state index is 11.6. The van der Waals surface area contributed by atoms with Gasteiger partial charge in [0, 0.05) is 12.2 Å². The molecule has 1 aliphatic rings. The van der Waals surface area contributed by atoms with Crippen LogP contribution in [0.1, 0.15) is 38.5 Å². The minimum Gasteiger partial charge on any atom is -0.465 e. The zero-order valence-corrected chi connectivity index (χ0v) is 11.4. The number of anilines is 1. The highest BCUT2D eigenvalue weighted by atomic mass is 16.5. The number of ether oxygens (including phenoxy) is 1. The molecule has 0 radical (unpaired) electrons. The number of para-hydroxylation sites is 1. The molecule has 0 heterocycles. The maximum absolute atomic E-state index is 11.6. The molecule has 1 fully saturated rings. The summed E-state index contributed by atoms with van der Waals surface area (Å²) >= 11 is 0. The summed E-state index contributed by atoms with van der Waals surface area (Å²) in [6.45, 7) is 1.25. The molecular formula is C16H23NO2. The van der Waals surface area contributed by atoms with Crippen LogP contribution in [-0.4, -0.2) is 19.1 Å². The second kappa shape index (κ2) is 7.82. The number of carbonyl (C=O) groups is 1. The monoisotopic (exact) mass is 261 g/mol. The van der Waals surface area contributed by atoms with Gasteiger partial charge in [-0.1, -0.05) is 37.5 Å². The predicted molar refractivity (Wildman–Crippen MR) is 77.1 cm³/mol. The number of esters is 1. The van der Waals surface area contributed by atoms with Crippen LogP contribution in [-0.2, 0) is 9.53 Å². The zero-order chi connectivity index (χ0) is 13.3. The van der Waals surface area contributed by atoms with Crippen molar-refractivity contribution >= 4 is 11.7 Å². The Morgan fingerprint density at radius 1 is 1.16 bits per heavy atom. The van der Waals surface area contributed by atoms with E-state index >= 15 is 0 Å². The molecule has 0 aromatic heterocycles. The van der Waals surface area contributed by atoms with E-state index < -0.39 is 0 Å². The van der Waals surface area contributed by atoms with E-state index in [1.54, 1.807) is 0 Å². The minimum absolute atomic E-state index is 0.0889. The van der Waals surface area contributed by atoms with Gasteiger partial charge in [0.05, 0.1) is 13.0 Å². The van der Waals surface area contributed by atoms with Gasteiger partial charge in [0.2, 0.25) is 0 Å². The molecule has 1 aliphatic carbocycles. The molecular weight excluding hydrogens is 238 g/mol. The first-order chi connectivity index (χ1) is 9.34. The summed E-state index contributed by atoms with van der Waals surface area (Å²) in [7, 11) is 0. The lowest BCUT2D eigenvalue weighted by Crippen LogP contribution is -2.18. The summed E-state index contributed by atoms with van der Waals surface area (Å²) in [4.78, 5) is 11.6. The van der Waals surface area contributed by atoms with Crippen LogP contribution in [0, 0.1) is 5.92 Å². The third kappa shape index (κ3) is 5.33. The zero-order valence-electron chi connectivity index (χ0n) is 11.4. The van der Waals surface area contributed by atoms with Gasteiger partial charge in [0.25, 0.3) is 0 Å². The first-order valence-electron chi connectivity index (χ1n) is 7.29. The fourth-order valence-electron chi connectivity index (χ4n) is 2.50. The Morgan fingerprint density at radius 3 is 2.63 bits per heavy atom. The van der Waals surface area contributed by atoms with Crippen molar-refractivity contribution < 1.29 is 9.53 Å². The maximum Gasteiger partial charge on any atom is 0.307 e. The number of rotatable bonds is 6. The Hall–Kier alpha value is -1.51. The third-order valence-electron chi connectivity index (χ3n) is 3.64. The fourth-order valence-corrected chi connectivity index (χ4v) is 2.50. The molecule has 104 valence electrons. The van der Waals surface area contributed by atoms with Gasteiger partial charge >= 0.3 is 5.97 Å². The summed E-state index contributed by atoms with van der Waals surface area (Å²) < 4.78 is 5.34. The molecule has 1 N–H and O–H groups in total. The first-order valence-corrected chi connectivity index (χ1v) is 7.29. The van der Waals surface area contributed by atoms with Crippen LogP contribution in [0.5, 0.6) is 0 Å². The Kier molecular flexibility index (Phi) is 5.73. The SMILES string of the molecule is O=C(CCNc1ccccc1)OCC1CCCCC1. The predicted octanol–water partition coefficient (Wildman–Crippen LogP) is 3.61. The number of hydrogen-bond donors (Lipinski definition) is 1. The van der Waals surface area contributed by atoms with Crippen molar-refractivity contribution in [1.29, 1.82) is 0 Å². The molecule has 19 heavy (non-hydrogen) atoms. The molecule has 0 spiro atoms. The van der Waals surface area contributed by atoms with E-state index in [2.05, 4.69) is 5.32 Å². The van der Waals surface area contributed by atoms with Gasteiger partial charge in [0.15, 0.2) is 0 Å². The van der Waals surface area contributed by atoms with Crippen LogP contribution in [0.25, 0.3) is 0 Å². The van der Waals surface area contributed by atoms with Gasteiger partial charge in [-0.15, -0.1) is 0 Å². The lowest BCUT2D eigenvalue weighted by molar-refractivity contribution is -0.145. The van der Waals surface area contributed by atoms with Crippen LogP contribution < -0.4 is 5.32 Å². The van der Waals surface area contributed by atoms with E-state index in [-0.39, 0.29) is 5.97 Å². The van der Waals surface area contributed by atoms with Gasteiger partial charge in [-0.05, 0) is 30.9 Å². The summed E-state index contributed by atoms with van der Waals surface area (Å²) in [5, 5.41) is 3.21. The molecule has 1 aromatic rings. The highest BCUT2D eigenvalue weighted by molar-refractivity contribution is 5.70. The average molecular weight is 261 g/mol. The highest BCUT2D eigenvalue weighted by Crippen LogP contribution is 2.23. The first kappa shape index (κ1) is 13.9. The highest BCUT2D eigenvalue weighted by Gasteiger charge is 2.15. The summed E-state index contributed by atoms with van der Waals surface area (Å²) in [5.41, 5.74) is 1.04. The van der Waals surface area contributed by atoms with Crippen molar-refractivity contribution in [2.24, 2.45) is 5.92 Å². The summed E-state index contributed by atoms with van der Waals surface area (Å²) in [6, 6.07) is 9.91. The Morgan fingerprint density at radius 2 is 1.89 bits per heavy atom. The van der Waals surface area contributed by atoms with Crippen molar-refractivity contribution in [3.63, 3.8) is 0 Å². The van der Waals surface area contributed by atoms with Crippen molar-refractivity contribution in [3.05, 3.63) is 30.3 Å². The van der Waals surface area contributed by atoms with Crippen LogP contribution in [0.15, 0.2) is 30.3 Å². The smallest absolute Gasteiger partial charge is 0.307 e. The van der Waals surface area contributed by atoms with Crippen LogP contribution in [0.4, 0.5) is 5.69 Å². The molecule has 3 nitrogen and oxygen atoms in total. The van der Waals surface area contributed by atoms with E-state index in [4.69, 9.17) is 4.74 Å². The van der Waals surface area contributed by atoms with Crippen LogP contribution >= 0.6 is 0 Å². The number of hydrogen-bond acceptors (Lipinski definition) is 3. The average Bonchev–Trinajstić information content (AvgIpc) is 2.47. The van der Waals surface area contributed by atoms with Crippen molar-refractivity contribution in [1.82, 2.24) is 0 Å². The quantitative estimate of drug-likeness (QED) is 0.795. The molecule has 0 saturated heterocycles. The Labute approximate surface area is 115 Å². The number of carbonyl (C=O) groups excluding carboxylic acids is 1. The second-order valence-corrected chi connectivity index (χ2v) is 5.23. The van der Waals surface area contributed by atoms with Crippen molar-refractivity contribution in [3.8, 4) is 0 Å². The molecule has 1 aromatic carbocycles. The molecule has 2 rings (SSSR count). The van der Waals surface area contributed by atoms with Crippen molar-refractivity contribution in [2.45, 2.75) is 38.5 Å². The third-order valence-corrected chi connectivity index (χ3v) is 3.64. The molecule has 1 saturated carbocycles. The normalized spacial score (nSPS) is 16.0. The van der Waals surface area contributed by atoms with Gasteiger partial charge in [-0.25, -0.2) is 0 Å². The summed E-state index contributed by atoms with van der Waals surface area (Å²) in [5.74, 6) is 0.508. The summed E-state index contributed by atoms with van der Waals surface area (Å²) in [6.07, 6.45) is 6.79. The minimum atomic E-state index is -0.0889. The van der Waals surface area contributed by atoms with Crippen molar-refractivity contribution in [2.75, 3.05) is 18.5 Å². The van der Waals surface area contributed by atoms with Gasteiger partial charge in [-0.3, -0.25) is 4.79 Å². The standard InChI is InChI=1S/C16H23NO2/c18-16(19-13-14-7-3-1-4-8-14)11-12-17-15-9-5-2-6-10-15/h2,5-6,9-10,14,17H,1,3-4,7-8,11-13H2. The Bertz CT molecular complexity index is 372. The molecule has 0 bridgehead atoms. The van der Waals surface area contributed by atoms with Gasteiger partial charge in [-0.2, -0.15) is 0 Å². The molecule has 0 unspecified atom stereocenters. The van der Waals surface area contributed by atoms with Gasteiger partial charge < -0.3 is 10.1 Å². The van der Waals surface area contributed by atoms with E-state index in [1.807, 2.05) is 30.3 Å². The Balaban J connectivity index is 1.57. The fraction of sp³-hybridized carbons (Fsp3) is 0.562. The largest absolute Gasteiger partial charge is 0.465 e. The van der Waals surface area contributed by atoms with E-state index in [0.717, 1.165) is 5.69 Å². The van der Waals surface area contributed by atoms with E-state index in [1.165, 1.54) is 32.1 Å². The van der Waals surface area contributed by atoms with E-state index in [0.29, 0.717) is 25.5 Å². The number of nitrogens with one attached hydrogen (secondary N) is 1.